The van der Waals surface area contributed by atoms with Crippen LogP contribution in [-0.4, -0.2) is 35.1 Å². The number of rotatable bonds is 10. The number of carbonyl (C=O) groups excluding carboxylic acids is 1. The Morgan fingerprint density at radius 2 is 1.66 bits per heavy atom. The van der Waals surface area contributed by atoms with Crippen molar-refractivity contribution < 1.29 is 22.7 Å². The zero-order valence-electron chi connectivity index (χ0n) is 18.7. The molecule has 7 nitrogen and oxygen atoms in total. The number of hydrogen-bond acceptors (Lipinski definition) is 5. The summed E-state index contributed by atoms with van der Waals surface area (Å²) < 4.78 is 38.1. The molecule has 1 aliphatic rings. The fourth-order valence-corrected chi connectivity index (χ4v) is 5.05. The minimum absolute atomic E-state index is 0.0322. The molecule has 0 radical (unpaired) electrons. The first kappa shape index (κ1) is 24.1. The van der Waals surface area contributed by atoms with Gasteiger partial charge in [-0.1, -0.05) is 37.5 Å². The van der Waals surface area contributed by atoms with E-state index >= 15 is 0 Å². The molecule has 0 bridgehead atoms. The number of ether oxygens (including phenoxy) is 2. The van der Waals surface area contributed by atoms with E-state index in [0.717, 1.165) is 5.56 Å². The van der Waals surface area contributed by atoms with Gasteiger partial charge in [-0.2, -0.15) is 0 Å². The van der Waals surface area contributed by atoms with Crippen LogP contribution in [0, 0.1) is 0 Å². The SMILES string of the molecule is COc1ccc(CNC(=O)CCNS(=O)(=O)c2ccc(C3CCCCC3)cc2)cc1OC. The lowest BCUT2D eigenvalue weighted by Crippen LogP contribution is -2.30. The number of methoxy groups -OCH3 is 2. The van der Waals surface area contributed by atoms with Crippen molar-refractivity contribution >= 4 is 15.9 Å². The second-order valence-electron chi connectivity index (χ2n) is 8.02. The summed E-state index contributed by atoms with van der Waals surface area (Å²) in [5.41, 5.74) is 2.06. The van der Waals surface area contributed by atoms with Gasteiger partial charge in [-0.3, -0.25) is 4.79 Å². The Kier molecular flexibility index (Phi) is 8.53. The molecule has 0 unspecified atom stereocenters. The average Bonchev–Trinajstić information content (AvgIpc) is 2.83. The van der Waals surface area contributed by atoms with Crippen LogP contribution in [0.3, 0.4) is 0 Å². The second-order valence-corrected chi connectivity index (χ2v) is 9.78. The molecular weight excluding hydrogens is 428 g/mol. The number of amides is 1. The lowest BCUT2D eigenvalue weighted by molar-refractivity contribution is -0.121. The summed E-state index contributed by atoms with van der Waals surface area (Å²) >= 11 is 0. The van der Waals surface area contributed by atoms with Gasteiger partial charge in [-0.05, 0) is 54.2 Å². The molecule has 0 aromatic heterocycles. The molecule has 2 aromatic carbocycles. The molecule has 3 rings (SSSR count). The van der Waals surface area contributed by atoms with Crippen molar-refractivity contribution in [2.45, 2.75) is 55.9 Å². The highest BCUT2D eigenvalue weighted by atomic mass is 32.2. The predicted molar refractivity (Wildman–Crippen MR) is 123 cm³/mol. The van der Waals surface area contributed by atoms with E-state index in [2.05, 4.69) is 10.0 Å². The highest BCUT2D eigenvalue weighted by Gasteiger charge is 2.18. The molecule has 0 spiro atoms. The van der Waals surface area contributed by atoms with Crippen LogP contribution in [0.1, 0.15) is 55.6 Å². The third-order valence-electron chi connectivity index (χ3n) is 5.85. The van der Waals surface area contributed by atoms with E-state index in [9.17, 15) is 13.2 Å². The van der Waals surface area contributed by atoms with Crippen LogP contribution in [0.4, 0.5) is 0 Å². The smallest absolute Gasteiger partial charge is 0.240 e. The summed E-state index contributed by atoms with van der Waals surface area (Å²) in [7, 11) is -0.535. The summed E-state index contributed by atoms with van der Waals surface area (Å²) in [6.07, 6.45) is 6.15. The summed E-state index contributed by atoms with van der Waals surface area (Å²) in [5.74, 6) is 1.49. The average molecular weight is 461 g/mol. The van der Waals surface area contributed by atoms with Crippen LogP contribution < -0.4 is 19.5 Å². The van der Waals surface area contributed by atoms with Crippen LogP contribution in [0.5, 0.6) is 11.5 Å². The van der Waals surface area contributed by atoms with Crippen LogP contribution in [0.25, 0.3) is 0 Å². The van der Waals surface area contributed by atoms with E-state index in [4.69, 9.17) is 9.47 Å². The van der Waals surface area contributed by atoms with Gasteiger partial charge in [0.1, 0.15) is 0 Å². The molecule has 1 fully saturated rings. The van der Waals surface area contributed by atoms with Gasteiger partial charge in [0.2, 0.25) is 15.9 Å². The first-order valence-electron chi connectivity index (χ1n) is 11.0. The van der Waals surface area contributed by atoms with Crippen molar-refractivity contribution in [1.29, 1.82) is 0 Å². The van der Waals surface area contributed by atoms with Gasteiger partial charge in [0.25, 0.3) is 0 Å². The Hall–Kier alpha value is -2.58. The lowest BCUT2D eigenvalue weighted by atomic mass is 9.84. The van der Waals surface area contributed by atoms with Crippen molar-refractivity contribution in [3.8, 4) is 11.5 Å². The van der Waals surface area contributed by atoms with Crippen molar-refractivity contribution in [3.05, 3.63) is 53.6 Å². The van der Waals surface area contributed by atoms with Crippen LogP contribution >= 0.6 is 0 Å². The third-order valence-corrected chi connectivity index (χ3v) is 7.33. The first-order chi connectivity index (χ1) is 15.4. The molecule has 2 aromatic rings. The van der Waals surface area contributed by atoms with E-state index in [1.165, 1.54) is 37.7 Å². The normalized spacial score (nSPS) is 14.7. The maximum atomic E-state index is 12.5. The highest BCUT2D eigenvalue weighted by Crippen LogP contribution is 2.33. The van der Waals surface area contributed by atoms with Crippen LogP contribution in [0.15, 0.2) is 47.4 Å². The minimum Gasteiger partial charge on any atom is -0.493 e. The van der Waals surface area contributed by atoms with Crippen LogP contribution in [-0.2, 0) is 21.4 Å². The summed E-state index contributed by atoms with van der Waals surface area (Å²) in [4.78, 5) is 12.4. The summed E-state index contributed by atoms with van der Waals surface area (Å²) in [5, 5.41) is 2.79. The molecule has 1 aliphatic carbocycles. The Morgan fingerprint density at radius 1 is 0.969 bits per heavy atom. The molecule has 32 heavy (non-hydrogen) atoms. The van der Waals surface area contributed by atoms with E-state index < -0.39 is 10.0 Å². The van der Waals surface area contributed by atoms with E-state index in [1.54, 1.807) is 38.5 Å². The Labute approximate surface area is 190 Å². The van der Waals surface area contributed by atoms with Gasteiger partial charge in [-0.25, -0.2) is 13.1 Å². The van der Waals surface area contributed by atoms with Crippen molar-refractivity contribution in [1.82, 2.24) is 10.0 Å². The van der Waals surface area contributed by atoms with Crippen molar-refractivity contribution in [2.24, 2.45) is 0 Å². The van der Waals surface area contributed by atoms with Gasteiger partial charge < -0.3 is 14.8 Å². The largest absolute Gasteiger partial charge is 0.493 e. The number of sulfonamides is 1. The van der Waals surface area contributed by atoms with E-state index in [1.807, 2.05) is 18.2 Å². The fourth-order valence-electron chi connectivity index (χ4n) is 4.02. The van der Waals surface area contributed by atoms with Gasteiger partial charge in [-0.15, -0.1) is 0 Å². The van der Waals surface area contributed by atoms with E-state index in [0.29, 0.717) is 24.0 Å². The molecule has 1 saturated carbocycles. The zero-order chi connectivity index (χ0) is 23.0. The molecule has 0 aliphatic heterocycles. The second kappa shape index (κ2) is 11.3. The molecule has 0 heterocycles. The fraction of sp³-hybridized carbons (Fsp3) is 0.458. The van der Waals surface area contributed by atoms with Gasteiger partial charge in [0, 0.05) is 19.5 Å². The number of benzene rings is 2. The van der Waals surface area contributed by atoms with Crippen molar-refractivity contribution in [2.75, 3.05) is 20.8 Å². The molecule has 0 saturated heterocycles. The monoisotopic (exact) mass is 460 g/mol. The third kappa shape index (κ3) is 6.46. The quantitative estimate of drug-likeness (QED) is 0.563. The molecule has 1 amide bonds. The Balaban J connectivity index is 1.46. The zero-order valence-corrected chi connectivity index (χ0v) is 19.5. The summed E-state index contributed by atoms with van der Waals surface area (Å²) in [6.45, 7) is 0.346. The molecule has 174 valence electrons. The van der Waals surface area contributed by atoms with E-state index in [-0.39, 0.29) is 23.8 Å². The van der Waals surface area contributed by atoms with Crippen molar-refractivity contribution in [3.63, 3.8) is 0 Å². The molecule has 0 atom stereocenters. The number of carbonyl (C=O) groups is 1. The standard InChI is InChI=1S/C24H32N2O5S/c1-30-22-13-8-18(16-23(22)31-2)17-25-24(27)14-15-26-32(28,29)21-11-9-20(10-12-21)19-6-4-3-5-7-19/h8-13,16,19,26H,3-7,14-15,17H2,1-2H3,(H,25,27). The number of nitrogens with one attached hydrogen (secondary N) is 2. The maximum Gasteiger partial charge on any atom is 0.240 e. The highest BCUT2D eigenvalue weighted by molar-refractivity contribution is 7.89. The Bertz CT molecular complexity index is 1000. The lowest BCUT2D eigenvalue weighted by Gasteiger charge is -2.22. The number of hydrogen-bond donors (Lipinski definition) is 2. The maximum absolute atomic E-state index is 12.5. The molecule has 8 heteroatoms. The molecule has 2 N–H and O–H groups in total. The van der Waals surface area contributed by atoms with Gasteiger partial charge >= 0.3 is 0 Å². The minimum atomic E-state index is -3.65. The van der Waals surface area contributed by atoms with Gasteiger partial charge in [0.15, 0.2) is 11.5 Å². The predicted octanol–water partition coefficient (Wildman–Crippen LogP) is 3.74. The van der Waals surface area contributed by atoms with Crippen LogP contribution in [0.2, 0.25) is 0 Å². The molecular formula is C24H32N2O5S. The summed E-state index contributed by atoms with van der Waals surface area (Å²) in [6, 6.07) is 12.5. The topological polar surface area (TPSA) is 93.7 Å². The first-order valence-corrected chi connectivity index (χ1v) is 12.5. The Morgan fingerprint density at radius 3 is 2.31 bits per heavy atom. The van der Waals surface area contributed by atoms with Gasteiger partial charge in [0.05, 0.1) is 19.1 Å².